The largest absolute Gasteiger partial charge is 0.467 e. The van der Waals surface area contributed by atoms with Crippen molar-refractivity contribution < 1.29 is 4.74 Å². The SMILES string of the molecule is CCCNc1nc(NCC2CCCCN2C)nc(OC)n1. The first-order valence-corrected chi connectivity index (χ1v) is 7.71. The van der Waals surface area contributed by atoms with Gasteiger partial charge in [-0.25, -0.2) is 0 Å². The van der Waals surface area contributed by atoms with Gasteiger partial charge >= 0.3 is 6.01 Å². The molecule has 1 aromatic heterocycles. The number of ether oxygens (including phenoxy) is 1. The van der Waals surface area contributed by atoms with Crippen LogP contribution in [0.1, 0.15) is 32.6 Å². The van der Waals surface area contributed by atoms with E-state index < -0.39 is 0 Å². The van der Waals surface area contributed by atoms with Gasteiger partial charge in [0.05, 0.1) is 7.11 Å². The zero-order valence-electron chi connectivity index (χ0n) is 13.2. The van der Waals surface area contributed by atoms with Crippen LogP contribution < -0.4 is 15.4 Å². The molecule has 2 N–H and O–H groups in total. The van der Waals surface area contributed by atoms with Gasteiger partial charge in [-0.3, -0.25) is 0 Å². The molecule has 0 spiro atoms. The van der Waals surface area contributed by atoms with Crippen molar-refractivity contribution >= 4 is 11.9 Å². The summed E-state index contributed by atoms with van der Waals surface area (Å²) in [6, 6.07) is 0.872. The summed E-state index contributed by atoms with van der Waals surface area (Å²) in [4.78, 5) is 15.2. The molecule has 2 rings (SSSR count). The van der Waals surface area contributed by atoms with Crippen molar-refractivity contribution in [2.24, 2.45) is 0 Å². The molecule has 21 heavy (non-hydrogen) atoms. The second kappa shape index (κ2) is 7.97. The minimum atomic E-state index is 0.336. The van der Waals surface area contributed by atoms with Crippen molar-refractivity contribution in [3.63, 3.8) is 0 Å². The van der Waals surface area contributed by atoms with Gasteiger partial charge < -0.3 is 20.3 Å². The Hall–Kier alpha value is -1.63. The van der Waals surface area contributed by atoms with Gasteiger partial charge in [0.1, 0.15) is 0 Å². The minimum Gasteiger partial charge on any atom is -0.467 e. The molecular weight excluding hydrogens is 268 g/mol. The van der Waals surface area contributed by atoms with Gasteiger partial charge in [-0.05, 0) is 32.9 Å². The third kappa shape index (κ3) is 4.70. The predicted octanol–water partition coefficient (Wildman–Crippen LogP) is 1.60. The Bertz CT molecular complexity index is 441. The first-order chi connectivity index (χ1) is 10.2. The highest BCUT2D eigenvalue weighted by atomic mass is 16.5. The molecule has 1 unspecified atom stereocenters. The lowest BCUT2D eigenvalue weighted by atomic mass is 10.0. The molecule has 1 aromatic rings. The summed E-state index contributed by atoms with van der Waals surface area (Å²) in [7, 11) is 3.74. The number of hydrogen-bond donors (Lipinski definition) is 2. The molecule has 1 aliphatic rings. The lowest BCUT2D eigenvalue weighted by Crippen LogP contribution is -2.41. The Balaban J connectivity index is 1.97. The first kappa shape index (κ1) is 15.8. The van der Waals surface area contributed by atoms with E-state index in [0.717, 1.165) is 26.1 Å². The molecule has 0 radical (unpaired) electrons. The molecule has 0 bridgehead atoms. The van der Waals surface area contributed by atoms with Crippen LogP contribution in [-0.2, 0) is 0 Å². The van der Waals surface area contributed by atoms with Crippen LogP contribution in [0.4, 0.5) is 11.9 Å². The number of methoxy groups -OCH3 is 1. The van der Waals surface area contributed by atoms with Crippen LogP contribution in [0.2, 0.25) is 0 Å². The topological polar surface area (TPSA) is 75.2 Å². The molecular formula is C14H26N6O. The van der Waals surface area contributed by atoms with E-state index in [4.69, 9.17) is 4.74 Å². The number of nitrogens with zero attached hydrogens (tertiary/aromatic N) is 4. The highest BCUT2D eigenvalue weighted by Crippen LogP contribution is 2.16. The van der Waals surface area contributed by atoms with E-state index in [1.54, 1.807) is 7.11 Å². The zero-order valence-corrected chi connectivity index (χ0v) is 13.2. The van der Waals surface area contributed by atoms with Gasteiger partial charge in [0.2, 0.25) is 11.9 Å². The van der Waals surface area contributed by atoms with Crippen molar-refractivity contribution in [3.05, 3.63) is 0 Å². The quantitative estimate of drug-likeness (QED) is 0.791. The lowest BCUT2D eigenvalue weighted by molar-refractivity contribution is 0.194. The molecule has 1 fully saturated rings. The third-order valence-electron chi connectivity index (χ3n) is 3.75. The second-order valence-corrected chi connectivity index (χ2v) is 5.41. The fraction of sp³-hybridized carbons (Fsp3) is 0.786. The van der Waals surface area contributed by atoms with Crippen LogP contribution in [0.15, 0.2) is 0 Å². The lowest BCUT2D eigenvalue weighted by Gasteiger charge is -2.32. The number of likely N-dealkylation sites (tertiary alicyclic amines) is 1. The fourth-order valence-corrected chi connectivity index (χ4v) is 2.45. The molecule has 7 nitrogen and oxygen atoms in total. The number of aromatic nitrogens is 3. The van der Waals surface area contributed by atoms with Crippen molar-refractivity contribution in [2.75, 3.05) is 44.4 Å². The van der Waals surface area contributed by atoms with E-state index in [2.05, 4.69) is 44.5 Å². The van der Waals surface area contributed by atoms with E-state index in [-0.39, 0.29) is 0 Å². The smallest absolute Gasteiger partial charge is 0.322 e. The Kier molecular flexibility index (Phi) is 5.98. The van der Waals surface area contributed by atoms with Crippen LogP contribution in [0.25, 0.3) is 0 Å². The van der Waals surface area contributed by atoms with Crippen LogP contribution >= 0.6 is 0 Å². The number of likely N-dealkylation sites (N-methyl/N-ethyl adjacent to an activating group) is 1. The van der Waals surface area contributed by atoms with E-state index in [1.165, 1.54) is 19.3 Å². The van der Waals surface area contributed by atoms with Crippen molar-refractivity contribution in [2.45, 2.75) is 38.6 Å². The van der Waals surface area contributed by atoms with Crippen molar-refractivity contribution in [1.82, 2.24) is 19.9 Å². The Morgan fingerprint density at radius 3 is 2.62 bits per heavy atom. The fourth-order valence-electron chi connectivity index (χ4n) is 2.45. The number of piperidine rings is 1. The monoisotopic (exact) mass is 294 g/mol. The van der Waals surface area contributed by atoms with Gasteiger partial charge in [-0.2, -0.15) is 15.0 Å². The second-order valence-electron chi connectivity index (χ2n) is 5.41. The average Bonchev–Trinajstić information content (AvgIpc) is 2.52. The Morgan fingerprint density at radius 2 is 1.95 bits per heavy atom. The molecule has 2 heterocycles. The number of rotatable bonds is 7. The van der Waals surface area contributed by atoms with Crippen LogP contribution in [-0.4, -0.2) is 59.7 Å². The summed E-state index contributed by atoms with van der Waals surface area (Å²) < 4.78 is 5.14. The van der Waals surface area contributed by atoms with Crippen LogP contribution in [0, 0.1) is 0 Å². The van der Waals surface area contributed by atoms with Crippen molar-refractivity contribution in [1.29, 1.82) is 0 Å². The zero-order chi connectivity index (χ0) is 15.1. The maximum atomic E-state index is 5.14. The van der Waals surface area contributed by atoms with E-state index in [0.29, 0.717) is 23.9 Å². The number of nitrogens with one attached hydrogen (secondary N) is 2. The van der Waals surface area contributed by atoms with Crippen LogP contribution in [0.3, 0.4) is 0 Å². The van der Waals surface area contributed by atoms with E-state index in [9.17, 15) is 0 Å². The highest BCUT2D eigenvalue weighted by molar-refractivity contribution is 5.35. The third-order valence-corrected chi connectivity index (χ3v) is 3.75. The molecule has 118 valence electrons. The molecule has 0 aromatic carbocycles. The molecule has 7 heteroatoms. The van der Waals surface area contributed by atoms with Gasteiger partial charge in [0.15, 0.2) is 0 Å². The molecule has 1 saturated heterocycles. The normalized spacial score (nSPS) is 19.3. The molecule has 0 aliphatic carbocycles. The number of anilines is 2. The van der Waals surface area contributed by atoms with Crippen LogP contribution in [0.5, 0.6) is 6.01 Å². The maximum absolute atomic E-state index is 5.14. The van der Waals surface area contributed by atoms with E-state index >= 15 is 0 Å². The van der Waals surface area contributed by atoms with Gasteiger partial charge in [0, 0.05) is 19.1 Å². The highest BCUT2D eigenvalue weighted by Gasteiger charge is 2.19. The summed E-state index contributed by atoms with van der Waals surface area (Å²) in [5, 5.41) is 6.48. The summed E-state index contributed by atoms with van der Waals surface area (Å²) in [5.74, 6) is 1.13. The Morgan fingerprint density at radius 1 is 1.19 bits per heavy atom. The first-order valence-electron chi connectivity index (χ1n) is 7.71. The summed E-state index contributed by atoms with van der Waals surface area (Å²) in [6.45, 7) is 4.94. The van der Waals surface area contributed by atoms with Gasteiger partial charge in [-0.15, -0.1) is 0 Å². The standard InChI is InChI=1S/C14H26N6O/c1-4-8-15-12-17-13(19-14(18-12)21-3)16-10-11-7-5-6-9-20(11)2/h11H,4-10H2,1-3H3,(H2,15,16,17,18,19). The van der Waals surface area contributed by atoms with E-state index in [1.807, 2.05) is 0 Å². The predicted molar refractivity (Wildman–Crippen MR) is 83.9 cm³/mol. The molecule has 0 saturated carbocycles. The van der Waals surface area contributed by atoms with Crippen molar-refractivity contribution in [3.8, 4) is 6.01 Å². The molecule has 0 amide bonds. The summed E-state index contributed by atoms with van der Waals surface area (Å²) in [5.41, 5.74) is 0. The number of hydrogen-bond acceptors (Lipinski definition) is 7. The van der Waals surface area contributed by atoms with Gasteiger partial charge in [-0.1, -0.05) is 13.3 Å². The van der Waals surface area contributed by atoms with Gasteiger partial charge in [0.25, 0.3) is 0 Å². The molecule has 1 aliphatic heterocycles. The molecule has 1 atom stereocenters. The summed E-state index contributed by atoms with van der Waals surface area (Å²) >= 11 is 0. The maximum Gasteiger partial charge on any atom is 0.322 e. The summed E-state index contributed by atoms with van der Waals surface area (Å²) in [6.07, 6.45) is 4.81. The minimum absolute atomic E-state index is 0.336. The Labute approximate surface area is 126 Å². The average molecular weight is 294 g/mol.